The number of hydrogen-bond acceptors (Lipinski definition) is 13. The molecule has 0 aromatic carbocycles. The van der Waals surface area contributed by atoms with E-state index in [2.05, 4.69) is 16.0 Å². The molecule has 0 aromatic rings. The van der Waals surface area contributed by atoms with E-state index in [0.29, 0.717) is 32.1 Å². The smallest absolute Gasteiger partial charge is 0.369 e. The highest BCUT2D eigenvalue weighted by molar-refractivity contribution is 6.21. The zero-order valence-corrected chi connectivity index (χ0v) is 62.2. The minimum Gasteiger partial charge on any atom is -0.369 e. The summed E-state index contributed by atoms with van der Waals surface area (Å²) in [7, 11) is 9.07. The van der Waals surface area contributed by atoms with E-state index in [1.807, 2.05) is 0 Å². The maximum atomic E-state index is 15.4. The third-order valence-electron chi connectivity index (χ3n) is 22.0. The van der Waals surface area contributed by atoms with Crippen LogP contribution in [0.2, 0.25) is 0 Å². The van der Waals surface area contributed by atoms with Gasteiger partial charge in [0, 0.05) is 74.3 Å². The van der Waals surface area contributed by atoms with Gasteiger partial charge in [0.25, 0.3) is 0 Å². The number of nitrogens with zero attached hydrogens (tertiary/aromatic N) is 9. The van der Waals surface area contributed by atoms with Gasteiger partial charge in [-0.25, -0.2) is 0 Å². The number of rotatable bonds is 13. The molecule has 3 saturated carbocycles. The zero-order chi connectivity index (χ0) is 75.9. The Morgan fingerprint density at radius 1 is 0.598 bits per heavy atom. The van der Waals surface area contributed by atoms with Gasteiger partial charge in [0.05, 0.1) is 38.6 Å². The molecule has 3 aliphatic carbocycles. The summed E-state index contributed by atoms with van der Waals surface area (Å²) in [5, 5.41) is 7.17. The third-order valence-corrected chi connectivity index (χ3v) is 22.5. The molecule has 3 N–H and O–H groups in total. The summed E-state index contributed by atoms with van der Waals surface area (Å²) in [6.07, 6.45) is -3.01. The fraction of sp³-hybridized carbons (Fsp3) is 0.829. The lowest BCUT2D eigenvalue weighted by Crippen LogP contribution is -2.65. The molecule has 25 nitrogen and oxygen atoms in total. The van der Waals surface area contributed by atoms with E-state index in [9.17, 15) is 64.7 Å². The highest BCUT2D eigenvalue weighted by Gasteiger charge is 2.52. The van der Waals surface area contributed by atoms with E-state index >= 15 is 19.2 Å². The number of likely N-dealkylation sites (N-methyl/N-ethyl adjacent to an activating group) is 7. The number of hydrogen-bond donors (Lipinski definition) is 3. The second kappa shape index (κ2) is 37.4. The van der Waals surface area contributed by atoms with Crippen LogP contribution in [0.25, 0.3) is 0 Å². The second-order valence-corrected chi connectivity index (χ2v) is 30.6. The van der Waals surface area contributed by atoms with Gasteiger partial charge in [-0.15, -0.1) is 11.6 Å². The molecule has 102 heavy (non-hydrogen) atoms. The van der Waals surface area contributed by atoms with Crippen LogP contribution in [0.1, 0.15) is 175 Å². The summed E-state index contributed by atoms with van der Waals surface area (Å²) in [5.41, 5.74) is -1.85. The normalized spacial score (nSPS) is 28.9. The molecule has 3 aliphatic heterocycles. The summed E-state index contributed by atoms with van der Waals surface area (Å²) >= 11 is 6.36. The molecule has 11 atom stereocenters. The summed E-state index contributed by atoms with van der Waals surface area (Å²) in [5.74, 6) is -12.5. The van der Waals surface area contributed by atoms with E-state index < -0.39 is 193 Å². The van der Waals surface area contributed by atoms with E-state index in [0.717, 1.165) is 82.0 Å². The van der Waals surface area contributed by atoms with Crippen LogP contribution in [0.15, 0.2) is 0 Å². The van der Waals surface area contributed by atoms with Crippen LogP contribution in [0.3, 0.4) is 0 Å². The Morgan fingerprint density at radius 3 is 1.80 bits per heavy atom. The van der Waals surface area contributed by atoms with Crippen molar-refractivity contribution in [3.63, 3.8) is 0 Å². The highest BCUT2D eigenvalue weighted by Crippen LogP contribution is 2.44. The Kier molecular flexibility index (Phi) is 31.0. The molecule has 3 saturated heterocycles. The van der Waals surface area contributed by atoms with E-state index in [1.165, 1.54) is 49.9 Å². The monoisotopic (exact) mass is 1480 g/mol. The summed E-state index contributed by atoms with van der Waals surface area (Å²) < 4.78 is 88.9. The van der Waals surface area contributed by atoms with E-state index in [-0.39, 0.29) is 102 Å². The number of ether oxygens (including phenoxy) is 1. The third kappa shape index (κ3) is 22.5. The highest BCUT2D eigenvalue weighted by atomic mass is 35.5. The quantitative estimate of drug-likeness (QED) is 0.152. The van der Waals surface area contributed by atoms with Gasteiger partial charge in [-0.05, 0) is 114 Å². The number of halogens is 7. The predicted octanol–water partition coefficient (Wildman–Crippen LogP) is 5.48. The van der Waals surface area contributed by atoms with Crippen molar-refractivity contribution in [2.75, 3.05) is 102 Å². The van der Waals surface area contributed by atoms with Crippen LogP contribution in [0, 0.1) is 29.6 Å². The van der Waals surface area contributed by atoms with Crippen molar-refractivity contribution < 1.29 is 88.6 Å². The fourth-order valence-corrected chi connectivity index (χ4v) is 15.9. The van der Waals surface area contributed by atoms with Crippen molar-refractivity contribution >= 4 is 82.5 Å². The fourth-order valence-electron chi connectivity index (χ4n) is 15.4. The first-order valence-electron chi connectivity index (χ1n) is 36.5. The predicted molar refractivity (Wildman–Crippen MR) is 365 cm³/mol. The molecule has 12 amide bonds. The van der Waals surface area contributed by atoms with E-state index in [4.69, 9.17) is 16.3 Å². The summed E-state index contributed by atoms with van der Waals surface area (Å²) in [6.45, 7) is 2.72. The van der Waals surface area contributed by atoms with Gasteiger partial charge in [0.1, 0.15) is 54.4 Å². The SMILES string of the molecule is CC[C@H](C)[C@@H]1NC(=O)[C@H](CC(C)C)N(C)C(=O)C[C@@H](C(=O)N2CCCCC2)N(C)C(=O)[C@H](COCC(F)(F)F)N(C)C(=O)C2(CCCC2)NC(=O)[C@@H]2CCCN2C(=O)[C@H](CCC2CCC(C(F)(F)F)C(Cl)C2)NC(=O)CN(C)C(=O)[C@H](CC2CCCCC2)N(C)C(=O)CN(C)C(=O)CN(C)C1=O. The molecule has 6 rings (SSSR count). The molecule has 578 valence electrons. The van der Waals surface area contributed by atoms with Crippen molar-refractivity contribution in [3.05, 3.63) is 0 Å². The average Bonchev–Trinajstić information content (AvgIpc) is 1.52. The lowest BCUT2D eigenvalue weighted by Gasteiger charge is -2.40. The topological polar surface area (TPSA) is 279 Å². The van der Waals surface area contributed by atoms with Crippen LogP contribution in [0.4, 0.5) is 26.3 Å². The number of fused-ring (bicyclic) bond motifs is 1. The number of likely N-dealkylation sites (tertiary alicyclic amines) is 1. The molecular weight excluding hydrogens is 1370 g/mol. The molecule has 0 bridgehead atoms. The van der Waals surface area contributed by atoms with Crippen molar-refractivity contribution in [1.82, 2.24) is 60.0 Å². The molecule has 6 aliphatic rings. The summed E-state index contributed by atoms with van der Waals surface area (Å²) in [6, 6.07) is -10.1. The van der Waals surface area contributed by atoms with Crippen molar-refractivity contribution in [2.45, 2.75) is 241 Å². The average molecular weight is 1480 g/mol. The largest absolute Gasteiger partial charge is 0.411 e. The maximum absolute atomic E-state index is 15.4. The van der Waals surface area contributed by atoms with Crippen molar-refractivity contribution in [3.8, 4) is 0 Å². The second-order valence-electron chi connectivity index (χ2n) is 30.0. The van der Waals surface area contributed by atoms with Gasteiger partial charge in [-0.2, -0.15) is 26.3 Å². The first kappa shape index (κ1) is 84.4. The lowest BCUT2D eigenvalue weighted by molar-refractivity contribution is -0.182. The minimum atomic E-state index is -4.92. The van der Waals surface area contributed by atoms with Crippen LogP contribution in [0.5, 0.6) is 0 Å². The van der Waals surface area contributed by atoms with Gasteiger partial charge in [-0.3, -0.25) is 57.5 Å². The Labute approximate surface area is 601 Å². The Morgan fingerprint density at radius 2 is 1.21 bits per heavy atom. The number of carbonyl (C=O) groups excluding carboxylic acids is 12. The van der Waals surface area contributed by atoms with Gasteiger partial charge in [-0.1, -0.05) is 79.1 Å². The van der Waals surface area contributed by atoms with Crippen molar-refractivity contribution in [1.29, 1.82) is 0 Å². The zero-order valence-electron chi connectivity index (χ0n) is 61.4. The Balaban J connectivity index is 1.43. The number of piperidine rings is 1. The van der Waals surface area contributed by atoms with Crippen LogP contribution >= 0.6 is 11.6 Å². The number of nitrogens with one attached hydrogen (secondary N) is 3. The maximum Gasteiger partial charge on any atom is 0.411 e. The first-order valence-corrected chi connectivity index (χ1v) is 36.9. The molecule has 0 aromatic heterocycles. The Hall–Kier alpha value is -6.53. The van der Waals surface area contributed by atoms with Crippen LogP contribution in [-0.2, 0) is 62.3 Å². The molecule has 3 heterocycles. The van der Waals surface area contributed by atoms with Crippen LogP contribution < -0.4 is 16.0 Å². The number of carbonyl (C=O) groups is 12. The van der Waals surface area contributed by atoms with Crippen molar-refractivity contribution in [2.24, 2.45) is 29.6 Å². The number of alkyl halides is 7. The Bertz CT molecular complexity index is 2950. The van der Waals surface area contributed by atoms with E-state index in [1.54, 1.807) is 27.7 Å². The molecular formula is C70H111ClF6N12O13. The molecule has 0 radical (unpaired) electrons. The molecule has 6 fully saturated rings. The first-order chi connectivity index (χ1) is 47.8. The molecule has 3 unspecified atom stereocenters. The van der Waals surface area contributed by atoms with Crippen LogP contribution in [-0.4, -0.2) is 282 Å². The van der Waals surface area contributed by atoms with Gasteiger partial charge < -0.3 is 64.8 Å². The summed E-state index contributed by atoms with van der Waals surface area (Å²) in [4.78, 5) is 188. The molecule has 32 heteroatoms. The van der Waals surface area contributed by atoms with Gasteiger partial charge in [0.15, 0.2) is 0 Å². The standard InChI is InChI=1S/C70H111ClF6N12O13/c1-12-44(4)59-66(100)83(7)39-57(92)81(5)40-58(93)85(9)52(36-45-22-15-13-16-23-45)63(97)82(6)38-55(90)78-49(28-26-46-25-27-47(48(71)35-46)70(75,76)77)62(96)89-33-21-24-50(89)61(95)80-68(29-17-18-30-68)67(101)87(11)54(41-102-42-69(72,73)74)64(98)86(10)53(65(99)88-31-19-14-20-32-88)37-56(91)84(8)51(34-43(2)3)60(94)79-59/h43-54,59H,12-42H2,1-11H3,(H,78,90)(H,79,94)(H,80,95)/t44-,46?,47?,48?,49-,50-,51-,52-,53-,54-,59-/m0/s1. The lowest BCUT2D eigenvalue weighted by atomic mass is 9.78. The minimum absolute atomic E-state index is 0.00814. The van der Waals surface area contributed by atoms with Gasteiger partial charge >= 0.3 is 12.4 Å². The van der Waals surface area contributed by atoms with Gasteiger partial charge in [0.2, 0.25) is 70.9 Å². The number of amides is 12. The molecule has 1 spiro atoms.